The number of aliphatic hydroxyl groups is 1. The summed E-state index contributed by atoms with van der Waals surface area (Å²) in [4.78, 5) is 14.2. The first-order valence-corrected chi connectivity index (χ1v) is 6.52. The molecule has 1 heterocycles. The highest BCUT2D eigenvalue weighted by Gasteiger charge is 2.36. The average Bonchev–Trinajstić information content (AvgIpc) is 2.75. The minimum Gasteiger partial charge on any atom is -0.391 e. The largest absolute Gasteiger partial charge is 0.391 e. The Morgan fingerprint density at radius 3 is 2.50 bits per heavy atom. The van der Waals surface area contributed by atoms with Gasteiger partial charge in [-0.05, 0) is 38.0 Å². The Kier molecular flexibility index (Phi) is 3.64. The summed E-state index contributed by atoms with van der Waals surface area (Å²) in [5, 5.41) is 10.2. The number of aliphatic hydroxyl groups excluding tert-OH is 1. The van der Waals surface area contributed by atoms with Gasteiger partial charge < -0.3 is 10.0 Å². The molecule has 0 bridgehead atoms. The number of rotatable bonds is 2. The third-order valence-electron chi connectivity index (χ3n) is 3.55. The summed E-state index contributed by atoms with van der Waals surface area (Å²) in [5.74, 6) is 0.0568. The van der Waals surface area contributed by atoms with E-state index in [1.807, 2.05) is 26.0 Å². The second kappa shape index (κ2) is 4.90. The van der Waals surface area contributed by atoms with Gasteiger partial charge in [0, 0.05) is 18.1 Å². The lowest BCUT2D eigenvalue weighted by Gasteiger charge is -2.29. The van der Waals surface area contributed by atoms with Gasteiger partial charge in [-0.2, -0.15) is 0 Å². The minimum atomic E-state index is -0.589. The van der Waals surface area contributed by atoms with Gasteiger partial charge in [-0.25, -0.2) is 0 Å². The van der Waals surface area contributed by atoms with Crippen LogP contribution in [0.25, 0.3) is 0 Å². The Balaban J connectivity index is 2.19. The summed E-state index contributed by atoms with van der Waals surface area (Å²) in [6.07, 6.45) is 0.289. The van der Waals surface area contributed by atoms with Gasteiger partial charge in [0.25, 0.3) is 0 Å². The molecule has 0 aromatic heterocycles. The highest BCUT2D eigenvalue weighted by Crippen LogP contribution is 2.28. The molecule has 0 saturated carbocycles. The number of carbonyl (C=O) groups excluding carboxylic acids is 1. The fourth-order valence-corrected chi connectivity index (χ4v) is 2.44. The predicted molar refractivity (Wildman–Crippen MR) is 71.7 cm³/mol. The van der Waals surface area contributed by atoms with Gasteiger partial charge in [0.2, 0.25) is 5.91 Å². The van der Waals surface area contributed by atoms with Crippen LogP contribution in [0.3, 0.4) is 0 Å². The SMILES string of the molecule is CC(C)(C(=O)N1CC[C@@H](O)C1)c1ccc(Cl)cc1. The molecule has 0 unspecified atom stereocenters. The Bertz CT molecular complexity index is 442. The number of halogens is 1. The van der Waals surface area contributed by atoms with Crippen LogP contribution in [-0.2, 0) is 10.2 Å². The van der Waals surface area contributed by atoms with Crippen molar-refractivity contribution in [1.82, 2.24) is 4.90 Å². The smallest absolute Gasteiger partial charge is 0.232 e. The van der Waals surface area contributed by atoms with E-state index in [4.69, 9.17) is 11.6 Å². The van der Waals surface area contributed by atoms with Crippen LogP contribution in [0.1, 0.15) is 25.8 Å². The van der Waals surface area contributed by atoms with Gasteiger partial charge in [-0.15, -0.1) is 0 Å². The number of nitrogens with zero attached hydrogens (tertiary/aromatic N) is 1. The van der Waals surface area contributed by atoms with Gasteiger partial charge in [0.05, 0.1) is 11.5 Å². The lowest BCUT2D eigenvalue weighted by atomic mass is 9.83. The minimum absolute atomic E-state index is 0.0568. The number of hydrogen-bond acceptors (Lipinski definition) is 2. The molecule has 1 aromatic carbocycles. The number of carbonyl (C=O) groups is 1. The van der Waals surface area contributed by atoms with Crippen molar-refractivity contribution in [1.29, 1.82) is 0 Å². The van der Waals surface area contributed by atoms with Crippen molar-refractivity contribution in [3.8, 4) is 0 Å². The van der Waals surface area contributed by atoms with Crippen molar-refractivity contribution in [3.05, 3.63) is 34.9 Å². The first-order chi connectivity index (χ1) is 8.41. The van der Waals surface area contributed by atoms with E-state index in [2.05, 4.69) is 0 Å². The highest BCUT2D eigenvalue weighted by molar-refractivity contribution is 6.30. The van der Waals surface area contributed by atoms with E-state index in [9.17, 15) is 9.90 Å². The maximum Gasteiger partial charge on any atom is 0.232 e. The van der Waals surface area contributed by atoms with Crippen LogP contribution in [0.4, 0.5) is 0 Å². The number of likely N-dealkylation sites (tertiary alicyclic amines) is 1. The predicted octanol–water partition coefficient (Wildman–Crippen LogP) is 2.21. The summed E-state index contributed by atoms with van der Waals surface area (Å²) in [5.41, 5.74) is 0.354. The van der Waals surface area contributed by atoms with E-state index < -0.39 is 5.41 Å². The first-order valence-electron chi connectivity index (χ1n) is 6.15. The monoisotopic (exact) mass is 267 g/mol. The molecule has 1 aromatic rings. The standard InChI is InChI=1S/C14H18ClNO2/c1-14(2,10-3-5-11(15)6-4-10)13(18)16-8-7-12(17)9-16/h3-6,12,17H,7-9H2,1-2H3/t12-/m1/s1. The molecule has 1 aliphatic heterocycles. The molecule has 18 heavy (non-hydrogen) atoms. The zero-order valence-corrected chi connectivity index (χ0v) is 11.4. The Labute approximate surface area is 112 Å². The Morgan fingerprint density at radius 1 is 1.39 bits per heavy atom. The van der Waals surface area contributed by atoms with E-state index in [0.29, 0.717) is 24.5 Å². The molecule has 3 nitrogen and oxygen atoms in total. The molecule has 1 aliphatic rings. The van der Waals surface area contributed by atoms with Crippen molar-refractivity contribution in [2.45, 2.75) is 31.8 Å². The first kappa shape index (κ1) is 13.4. The molecule has 0 spiro atoms. The molecule has 1 atom stereocenters. The van der Waals surface area contributed by atoms with Crippen LogP contribution in [0.5, 0.6) is 0 Å². The number of β-amino-alcohol motifs (C(OH)–C–C–N with tert-alkyl or cyclic N) is 1. The molecule has 2 rings (SSSR count). The molecule has 1 saturated heterocycles. The van der Waals surface area contributed by atoms with Crippen LogP contribution >= 0.6 is 11.6 Å². The topological polar surface area (TPSA) is 40.5 Å². The zero-order chi connectivity index (χ0) is 13.3. The van der Waals surface area contributed by atoms with Crippen LogP contribution < -0.4 is 0 Å². The summed E-state index contributed by atoms with van der Waals surface area (Å²) in [6, 6.07) is 7.36. The molecule has 1 fully saturated rings. The van der Waals surface area contributed by atoms with E-state index in [-0.39, 0.29) is 12.0 Å². The second-order valence-electron chi connectivity index (χ2n) is 5.33. The molecule has 1 N–H and O–H groups in total. The van der Waals surface area contributed by atoms with Crippen LogP contribution in [0.2, 0.25) is 5.02 Å². The summed E-state index contributed by atoms with van der Waals surface area (Å²) in [7, 11) is 0. The third kappa shape index (κ3) is 2.52. The van der Waals surface area contributed by atoms with Gasteiger partial charge in [0.15, 0.2) is 0 Å². The number of benzene rings is 1. The van der Waals surface area contributed by atoms with Crippen LogP contribution in [0, 0.1) is 0 Å². The fraction of sp³-hybridized carbons (Fsp3) is 0.500. The third-order valence-corrected chi connectivity index (χ3v) is 3.80. The van der Waals surface area contributed by atoms with Crippen molar-refractivity contribution in [2.24, 2.45) is 0 Å². The molecular weight excluding hydrogens is 250 g/mol. The highest BCUT2D eigenvalue weighted by atomic mass is 35.5. The van der Waals surface area contributed by atoms with Gasteiger partial charge >= 0.3 is 0 Å². The van der Waals surface area contributed by atoms with Crippen LogP contribution in [0.15, 0.2) is 24.3 Å². The quantitative estimate of drug-likeness (QED) is 0.893. The maximum absolute atomic E-state index is 12.5. The Hall–Kier alpha value is -1.06. The van der Waals surface area contributed by atoms with Crippen molar-refractivity contribution in [3.63, 3.8) is 0 Å². The van der Waals surface area contributed by atoms with E-state index in [1.165, 1.54) is 0 Å². The van der Waals surface area contributed by atoms with Gasteiger partial charge in [-0.1, -0.05) is 23.7 Å². The number of amides is 1. The number of hydrogen-bond donors (Lipinski definition) is 1. The van der Waals surface area contributed by atoms with Gasteiger partial charge in [-0.3, -0.25) is 4.79 Å². The van der Waals surface area contributed by atoms with Crippen molar-refractivity contribution in [2.75, 3.05) is 13.1 Å². The fourth-order valence-electron chi connectivity index (χ4n) is 2.31. The second-order valence-corrected chi connectivity index (χ2v) is 5.76. The normalized spacial score (nSPS) is 20.2. The molecule has 0 radical (unpaired) electrons. The van der Waals surface area contributed by atoms with E-state index in [0.717, 1.165) is 5.56 Å². The summed E-state index contributed by atoms with van der Waals surface area (Å²) >= 11 is 5.86. The van der Waals surface area contributed by atoms with Crippen molar-refractivity contribution < 1.29 is 9.90 Å². The molecule has 1 amide bonds. The lowest BCUT2D eigenvalue weighted by molar-refractivity contribution is -0.135. The average molecular weight is 268 g/mol. The van der Waals surface area contributed by atoms with E-state index in [1.54, 1.807) is 17.0 Å². The molecule has 4 heteroatoms. The zero-order valence-electron chi connectivity index (χ0n) is 10.7. The summed E-state index contributed by atoms with van der Waals surface area (Å²) in [6.45, 7) is 4.89. The maximum atomic E-state index is 12.5. The van der Waals surface area contributed by atoms with Crippen molar-refractivity contribution >= 4 is 17.5 Å². The molecule has 98 valence electrons. The molecular formula is C14H18ClNO2. The van der Waals surface area contributed by atoms with E-state index >= 15 is 0 Å². The Morgan fingerprint density at radius 2 is 2.00 bits per heavy atom. The van der Waals surface area contributed by atoms with Gasteiger partial charge in [0.1, 0.15) is 0 Å². The molecule has 0 aliphatic carbocycles. The summed E-state index contributed by atoms with van der Waals surface area (Å²) < 4.78 is 0. The van der Waals surface area contributed by atoms with Crippen LogP contribution in [-0.4, -0.2) is 35.1 Å². The lowest BCUT2D eigenvalue weighted by Crippen LogP contribution is -2.42.